The van der Waals surface area contributed by atoms with Crippen LogP contribution in [0.2, 0.25) is 0 Å². The lowest BCUT2D eigenvalue weighted by atomic mass is 10.0. The number of aliphatic hydroxyl groups excluding tert-OH is 1. The molecule has 1 unspecified atom stereocenters. The van der Waals surface area contributed by atoms with Crippen LogP contribution in [-0.4, -0.2) is 37.4 Å². The van der Waals surface area contributed by atoms with Crippen molar-refractivity contribution >= 4 is 6.03 Å². The van der Waals surface area contributed by atoms with E-state index in [1.54, 1.807) is 7.11 Å². The van der Waals surface area contributed by atoms with Gasteiger partial charge in [-0.2, -0.15) is 0 Å². The third-order valence-electron chi connectivity index (χ3n) is 3.42. The number of nitrogens with one attached hydrogen (secondary N) is 2. The average molecular weight is 294 g/mol. The lowest BCUT2D eigenvalue weighted by Gasteiger charge is -2.21. The molecule has 0 heterocycles. The first-order chi connectivity index (χ1) is 10.1. The van der Waals surface area contributed by atoms with Gasteiger partial charge in [0.05, 0.1) is 7.11 Å². The van der Waals surface area contributed by atoms with Crippen LogP contribution in [-0.2, 0) is 6.42 Å². The standard InChI is InChI=1S/C16H26N2O3/c1-12(2)15(9-11-19)18-16(20)17-10-8-13-4-6-14(21-3)7-5-13/h4-7,12,15,19H,8-11H2,1-3H3,(H2,17,18,20). The van der Waals surface area contributed by atoms with Crippen LogP contribution >= 0.6 is 0 Å². The van der Waals surface area contributed by atoms with E-state index in [2.05, 4.69) is 10.6 Å². The summed E-state index contributed by atoms with van der Waals surface area (Å²) in [6.07, 6.45) is 1.34. The summed E-state index contributed by atoms with van der Waals surface area (Å²) < 4.78 is 5.10. The minimum absolute atomic E-state index is 0.00372. The van der Waals surface area contributed by atoms with Crippen molar-refractivity contribution < 1.29 is 14.6 Å². The number of hydrogen-bond donors (Lipinski definition) is 3. The summed E-state index contributed by atoms with van der Waals surface area (Å²) >= 11 is 0. The first kappa shape index (κ1) is 17.3. The van der Waals surface area contributed by atoms with Crippen LogP contribution in [0.25, 0.3) is 0 Å². The molecule has 5 heteroatoms. The van der Waals surface area contributed by atoms with Crippen molar-refractivity contribution in [3.8, 4) is 5.75 Å². The third kappa shape index (κ3) is 6.49. The summed E-state index contributed by atoms with van der Waals surface area (Å²) in [6.45, 7) is 4.70. The maximum Gasteiger partial charge on any atom is 0.315 e. The molecule has 118 valence electrons. The Labute approximate surface area is 126 Å². The highest BCUT2D eigenvalue weighted by Gasteiger charge is 2.14. The van der Waals surface area contributed by atoms with Crippen LogP contribution < -0.4 is 15.4 Å². The molecule has 1 rings (SSSR count). The summed E-state index contributed by atoms with van der Waals surface area (Å²) in [5.74, 6) is 1.12. The lowest BCUT2D eigenvalue weighted by molar-refractivity contribution is 0.219. The van der Waals surface area contributed by atoms with Crippen LogP contribution in [0, 0.1) is 5.92 Å². The molecule has 0 radical (unpaired) electrons. The molecule has 0 aliphatic carbocycles. The van der Waals surface area contributed by atoms with Gasteiger partial charge in [-0.15, -0.1) is 0 Å². The molecule has 0 saturated carbocycles. The van der Waals surface area contributed by atoms with E-state index in [0.29, 0.717) is 18.9 Å². The first-order valence-corrected chi connectivity index (χ1v) is 7.35. The van der Waals surface area contributed by atoms with Gasteiger partial charge in [-0.05, 0) is 36.5 Å². The van der Waals surface area contributed by atoms with Crippen LogP contribution in [0.3, 0.4) is 0 Å². The predicted octanol–water partition coefficient (Wildman–Crippen LogP) is 1.94. The maximum atomic E-state index is 11.8. The summed E-state index contributed by atoms with van der Waals surface area (Å²) in [4.78, 5) is 11.8. The lowest BCUT2D eigenvalue weighted by Crippen LogP contribution is -2.45. The fraction of sp³-hybridized carbons (Fsp3) is 0.562. The fourth-order valence-electron chi connectivity index (χ4n) is 2.04. The van der Waals surface area contributed by atoms with Crippen molar-refractivity contribution in [1.82, 2.24) is 10.6 Å². The van der Waals surface area contributed by atoms with Gasteiger partial charge in [-0.3, -0.25) is 0 Å². The molecule has 0 bridgehead atoms. The highest BCUT2D eigenvalue weighted by molar-refractivity contribution is 5.74. The molecule has 0 saturated heterocycles. The van der Waals surface area contributed by atoms with Crippen LogP contribution in [0.4, 0.5) is 4.79 Å². The van der Waals surface area contributed by atoms with Gasteiger partial charge in [-0.1, -0.05) is 26.0 Å². The number of amides is 2. The minimum Gasteiger partial charge on any atom is -0.497 e. The average Bonchev–Trinajstić information content (AvgIpc) is 2.47. The smallest absolute Gasteiger partial charge is 0.315 e. The molecule has 1 atom stereocenters. The van der Waals surface area contributed by atoms with Gasteiger partial charge in [0.25, 0.3) is 0 Å². The third-order valence-corrected chi connectivity index (χ3v) is 3.42. The Kier molecular flexibility index (Phi) is 7.61. The number of methoxy groups -OCH3 is 1. The molecule has 2 amide bonds. The highest BCUT2D eigenvalue weighted by atomic mass is 16.5. The zero-order chi connectivity index (χ0) is 15.7. The number of carbonyl (C=O) groups is 1. The fourth-order valence-corrected chi connectivity index (χ4v) is 2.04. The normalized spacial score (nSPS) is 12.0. The Bertz CT molecular complexity index is 418. The molecule has 1 aromatic rings. The van der Waals surface area contributed by atoms with Crippen molar-refractivity contribution in [2.75, 3.05) is 20.3 Å². The summed E-state index contributed by atoms with van der Waals surface area (Å²) in [5, 5.41) is 14.7. The Balaban J connectivity index is 2.31. The van der Waals surface area contributed by atoms with Crippen molar-refractivity contribution in [3.63, 3.8) is 0 Å². The Morgan fingerprint density at radius 2 is 1.95 bits per heavy atom. The summed E-state index contributed by atoms with van der Waals surface area (Å²) in [6, 6.07) is 7.60. The van der Waals surface area contributed by atoms with Crippen molar-refractivity contribution in [2.24, 2.45) is 5.92 Å². The molecule has 5 nitrogen and oxygen atoms in total. The highest BCUT2D eigenvalue weighted by Crippen LogP contribution is 2.11. The number of aliphatic hydroxyl groups is 1. The van der Waals surface area contributed by atoms with Gasteiger partial charge in [0.15, 0.2) is 0 Å². The quantitative estimate of drug-likeness (QED) is 0.686. The molecule has 0 aliphatic heterocycles. The van der Waals surface area contributed by atoms with Crippen molar-refractivity contribution in [1.29, 1.82) is 0 Å². The molecule has 0 aliphatic rings. The number of rotatable bonds is 8. The van der Waals surface area contributed by atoms with Crippen molar-refractivity contribution in [3.05, 3.63) is 29.8 Å². The predicted molar refractivity (Wildman–Crippen MR) is 83.6 cm³/mol. The zero-order valence-electron chi connectivity index (χ0n) is 13.1. The van der Waals surface area contributed by atoms with E-state index in [0.717, 1.165) is 17.7 Å². The van der Waals surface area contributed by atoms with E-state index in [4.69, 9.17) is 9.84 Å². The summed E-state index contributed by atoms with van der Waals surface area (Å²) in [5.41, 5.74) is 1.15. The number of carbonyl (C=O) groups excluding carboxylic acids is 1. The van der Waals surface area contributed by atoms with Crippen LogP contribution in [0.15, 0.2) is 24.3 Å². The molecule has 0 spiro atoms. The van der Waals surface area contributed by atoms with E-state index in [-0.39, 0.29) is 18.7 Å². The van der Waals surface area contributed by atoms with Crippen LogP contribution in [0.1, 0.15) is 25.8 Å². The maximum absolute atomic E-state index is 11.8. The number of benzene rings is 1. The summed E-state index contributed by atoms with van der Waals surface area (Å²) in [7, 11) is 1.64. The first-order valence-electron chi connectivity index (χ1n) is 7.35. The Morgan fingerprint density at radius 1 is 1.29 bits per heavy atom. The topological polar surface area (TPSA) is 70.6 Å². The van der Waals surface area contributed by atoms with Gasteiger partial charge in [0.1, 0.15) is 5.75 Å². The van der Waals surface area contributed by atoms with Crippen LogP contribution in [0.5, 0.6) is 5.75 Å². The molecule has 0 aromatic heterocycles. The second kappa shape index (κ2) is 9.23. The van der Waals surface area contributed by atoms with Gasteiger partial charge in [0, 0.05) is 19.2 Å². The van der Waals surface area contributed by atoms with Gasteiger partial charge in [-0.25, -0.2) is 4.79 Å². The molecular weight excluding hydrogens is 268 g/mol. The van der Waals surface area contributed by atoms with E-state index in [9.17, 15) is 4.79 Å². The Hall–Kier alpha value is -1.75. The number of urea groups is 1. The molecular formula is C16H26N2O3. The minimum atomic E-state index is -0.185. The zero-order valence-corrected chi connectivity index (χ0v) is 13.1. The largest absolute Gasteiger partial charge is 0.497 e. The monoisotopic (exact) mass is 294 g/mol. The van der Waals surface area contributed by atoms with E-state index < -0.39 is 0 Å². The van der Waals surface area contributed by atoms with E-state index in [1.807, 2.05) is 38.1 Å². The molecule has 0 fully saturated rings. The Morgan fingerprint density at radius 3 is 2.48 bits per heavy atom. The van der Waals surface area contributed by atoms with Crippen molar-refractivity contribution in [2.45, 2.75) is 32.7 Å². The second-order valence-electron chi connectivity index (χ2n) is 5.36. The van der Waals surface area contributed by atoms with E-state index >= 15 is 0 Å². The van der Waals surface area contributed by atoms with E-state index in [1.165, 1.54) is 0 Å². The number of ether oxygens (including phenoxy) is 1. The molecule has 21 heavy (non-hydrogen) atoms. The molecule has 3 N–H and O–H groups in total. The molecule has 1 aromatic carbocycles. The second-order valence-corrected chi connectivity index (χ2v) is 5.36. The SMILES string of the molecule is COc1ccc(CCNC(=O)NC(CCO)C(C)C)cc1. The number of hydrogen-bond acceptors (Lipinski definition) is 3. The van der Waals surface area contributed by atoms with Gasteiger partial charge >= 0.3 is 6.03 Å². The van der Waals surface area contributed by atoms with Gasteiger partial charge in [0.2, 0.25) is 0 Å². The van der Waals surface area contributed by atoms with Gasteiger partial charge < -0.3 is 20.5 Å².